The van der Waals surface area contributed by atoms with Gasteiger partial charge in [-0.05, 0) is 19.4 Å². The van der Waals surface area contributed by atoms with Crippen molar-refractivity contribution in [3.63, 3.8) is 0 Å². The molecule has 3 rings (SSSR count). The molecular formula is C14H17N3O. The number of aryl methyl sites for hydroxylation is 1. The van der Waals surface area contributed by atoms with Crippen LogP contribution in [-0.4, -0.2) is 23.2 Å². The number of benzene rings is 1. The van der Waals surface area contributed by atoms with E-state index in [0.717, 1.165) is 24.5 Å². The van der Waals surface area contributed by atoms with Crippen molar-refractivity contribution in [2.75, 3.05) is 13.1 Å². The minimum Gasteiger partial charge on any atom is -0.339 e. The van der Waals surface area contributed by atoms with Gasteiger partial charge in [0.05, 0.1) is 5.92 Å². The fourth-order valence-electron chi connectivity index (χ4n) is 2.35. The lowest BCUT2D eigenvalue weighted by atomic mass is 9.98. The largest absolute Gasteiger partial charge is 0.339 e. The second-order valence-corrected chi connectivity index (χ2v) is 5.06. The van der Waals surface area contributed by atoms with Crippen LogP contribution in [0.4, 0.5) is 0 Å². The first kappa shape index (κ1) is 11.4. The van der Waals surface area contributed by atoms with Crippen LogP contribution >= 0.6 is 0 Å². The molecule has 2 heterocycles. The molecule has 0 spiro atoms. The molecule has 0 saturated carbocycles. The molecule has 0 radical (unpaired) electrons. The van der Waals surface area contributed by atoms with E-state index < -0.39 is 0 Å². The summed E-state index contributed by atoms with van der Waals surface area (Å²) >= 11 is 0. The van der Waals surface area contributed by atoms with Gasteiger partial charge in [0, 0.05) is 12.1 Å². The van der Waals surface area contributed by atoms with Gasteiger partial charge in [-0.1, -0.05) is 41.9 Å². The van der Waals surface area contributed by atoms with Crippen LogP contribution in [0.5, 0.6) is 0 Å². The second kappa shape index (κ2) is 4.53. The van der Waals surface area contributed by atoms with Gasteiger partial charge in [-0.3, -0.25) is 0 Å². The number of hydrogen-bond acceptors (Lipinski definition) is 4. The van der Waals surface area contributed by atoms with Crippen molar-refractivity contribution in [2.24, 2.45) is 5.92 Å². The molecule has 1 aliphatic heterocycles. The highest BCUT2D eigenvalue weighted by Crippen LogP contribution is 2.28. The van der Waals surface area contributed by atoms with E-state index >= 15 is 0 Å². The molecule has 1 aromatic carbocycles. The summed E-state index contributed by atoms with van der Waals surface area (Å²) in [4.78, 5) is 4.52. The van der Waals surface area contributed by atoms with Crippen LogP contribution in [0.15, 0.2) is 28.8 Å². The summed E-state index contributed by atoms with van der Waals surface area (Å²) in [5.74, 6) is 2.33. The summed E-state index contributed by atoms with van der Waals surface area (Å²) in [6, 6.07) is 8.18. The fraction of sp³-hybridized carbons (Fsp3) is 0.429. The minimum atomic E-state index is 0.344. The van der Waals surface area contributed by atoms with Gasteiger partial charge in [-0.2, -0.15) is 4.98 Å². The highest BCUT2D eigenvalue weighted by Gasteiger charge is 2.29. The lowest BCUT2D eigenvalue weighted by Gasteiger charge is -2.07. The third-order valence-corrected chi connectivity index (χ3v) is 3.59. The van der Waals surface area contributed by atoms with Gasteiger partial charge in [0.25, 0.3) is 0 Å². The van der Waals surface area contributed by atoms with Crippen molar-refractivity contribution >= 4 is 0 Å². The van der Waals surface area contributed by atoms with Crippen LogP contribution < -0.4 is 5.32 Å². The molecule has 0 bridgehead atoms. The molecule has 4 heteroatoms. The van der Waals surface area contributed by atoms with E-state index in [1.165, 1.54) is 5.56 Å². The van der Waals surface area contributed by atoms with Crippen molar-refractivity contribution in [3.8, 4) is 11.4 Å². The Morgan fingerprint density at radius 3 is 2.67 bits per heavy atom. The Morgan fingerprint density at radius 1 is 1.22 bits per heavy atom. The van der Waals surface area contributed by atoms with Crippen LogP contribution in [0.1, 0.15) is 24.3 Å². The van der Waals surface area contributed by atoms with Gasteiger partial charge in [-0.15, -0.1) is 0 Å². The molecule has 1 fully saturated rings. The van der Waals surface area contributed by atoms with E-state index in [1.54, 1.807) is 0 Å². The molecule has 2 unspecified atom stereocenters. The zero-order valence-electron chi connectivity index (χ0n) is 10.7. The smallest absolute Gasteiger partial charge is 0.231 e. The van der Waals surface area contributed by atoms with Gasteiger partial charge in [0.1, 0.15) is 0 Å². The predicted molar refractivity (Wildman–Crippen MR) is 69.2 cm³/mol. The zero-order chi connectivity index (χ0) is 12.5. The molecule has 2 aromatic rings. The Bertz CT molecular complexity index is 532. The van der Waals surface area contributed by atoms with Crippen LogP contribution in [-0.2, 0) is 0 Å². The molecular weight excluding hydrogens is 226 g/mol. The SMILES string of the molecule is Cc1ccc(-c2noc(C3CNCC3C)n2)cc1. The van der Waals surface area contributed by atoms with Crippen molar-refractivity contribution in [3.05, 3.63) is 35.7 Å². The summed E-state index contributed by atoms with van der Waals surface area (Å²) in [5.41, 5.74) is 2.24. The normalized spacial score (nSPS) is 23.4. The maximum absolute atomic E-state index is 5.40. The van der Waals surface area contributed by atoms with E-state index in [0.29, 0.717) is 17.7 Å². The summed E-state index contributed by atoms with van der Waals surface area (Å²) in [7, 11) is 0. The number of hydrogen-bond donors (Lipinski definition) is 1. The van der Waals surface area contributed by atoms with Gasteiger partial charge < -0.3 is 9.84 Å². The highest BCUT2D eigenvalue weighted by atomic mass is 16.5. The predicted octanol–water partition coefficient (Wildman–Crippen LogP) is 2.37. The van der Waals surface area contributed by atoms with Gasteiger partial charge in [-0.25, -0.2) is 0 Å². The number of nitrogens with zero attached hydrogens (tertiary/aromatic N) is 2. The summed E-state index contributed by atoms with van der Waals surface area (Å²) in [6.45, 7) is 6.22. The Balaban J connectivity index is 1.87. The molecule has 18 heavy (non-hydrogen) atoms. The van der Waals surface area contributed by atoms with Crippen molar-refractivity contribution in [2.45, 2.75) is 19.8 Å². The molecule has 1 N–H and O–H groups in total. The Kier molecular flexibility index (Phi) is 2.88. The van der Waals surface area contributed by atoms with Crippen LogP contribution in [0.3, 0.4) is 0 Å². The Labute approximate surface area is 106 Å². The first-order chi connectivity index (χ1) is 8.74. The van der Waals surface area contributed by atoms with Crippen LogP contribution in [0.25, 0.3) is 11.4 Å². The van der Waals surface area contributed by atoms with E-state index in [4.69, 9.17) is 4.52 Å². The number of rotatable bonds is 2. The average Bonchev–Trinajstić information content (AvgIpc) is 2.98. The molecule has 4 nitrogen and oxygen atoms in total. The zero-order valence-corrected chi connectivity index (χ0v) is 10.7. The Morgan fingerprint density at radius 2 is 2.00 bits per heavy atom. The van der Waals surface area contributed by atoms with Gasteiger partial charge in [0.2, 0.25) is 11.7 Å². The van der Waals surface area contributed by atoms with Crippen molar-refractivity contribution < 1.29 is 4.52 Å². The van der Waals surface area contributed by atoms with Gasteiger partial charge in [0.15, 0.2) is 0 Å². The van der Waals surface area contributed by atoms with E-state index in [1.807, 2.05) is 12.1 Å². The molecule has 1 aliphatic rings. The van der Waals surface area contributed by atoms with Gasteiger partial charge >= 0.3 is 0 Å². The lowest BCUT2D eigenvalue weighted by molar-refractivity contribution is 0.340. The molecule has 0 amide bonds. The molecule has 2 atom stereocenters. The van der Waals surface area contributed by atoms with Crippen molar-refractivity contribution in [1.82, 2.24) is 15.5 Å². The summed E-state index contributed by atoms with van der Waals surface area (Å²) < 4.78 is 5.40. The molecule has 1 saturated heterocycles. The minimum absolute atomic E-state index is 0.344. The highest BCUT2D eigenvalue weighted by molar-refractivity contribution is 5.54. The van der Waals surface area contributed by atoms with Crippen molar-refractivity contribution in [1.29, 1.82) is 0 Å². The second-order valence-electron chi connectivity index (χ2n) is 5.06. The lowest BCUT2D eigenvalue weighted by Crippen LogP contribution is -2.08. The Hall–Kier alpha value is -1.68. The number of aromatic nitrogens is 2. The molecule has 0 aliphatic carbocycles. The number of nitrogens with one attached hydrogen (secondary N) is 1. The molecule has 94 valence electrons. The first-order valence-corrected chi connectivity index (χ1v) is 6.35. The monoisotopic (exact) mass is 243 g/mol. The third kappa shape index (κ3) is 2.04. The standard InChI is InChI=1S/C14H17N3O/c1-9-3-5-11(6-4-9)13-16-14(18-17-13)12-8-15-7-10(12)2/h3-6,10,12,15H,7-8H2,1-2H3. The summed E-state index contributed by atoms with van der Waals surface area (Å²) in [6.07, 6.45) is 0. The maximum Gasteiger partial charge on any atom is 0.231 e. The topological polar surface area (TPSA) is 51.0 Å². The van der Waals surface area contributed by atoms with E-state index in [-0.39, 0.29) is 0 Å². The fourth-order valence-corrected chi connectivity index (χ4v) is 2.35. The molecule has 1 aromatic heterocycles. The maximum atomic E-state index is 5.40. The van der Waals surface area contributed by atoms with E-state index in [2.05, 4.69) is 41.4 Å². The quantitative estimate of drug-likeness (QED) is 0.879. The van der Waals surface area contributed by atoms with Crippen LogP contribution in [0.2, 0.25) is 0 Å². The van der Waals surface area contributed by atoms with E-state index in [9.17, 15) is 0 Å². The third-order valence-electron chi connectivity index (χ3n) is 3.59. The van der Waals surface area contributed by atoms with Crippen LogP contribution in [0, 0.1) is 12.8 Å². The first-order valence-electron chi connectivity index (χ1n) is 6.35. The average molecular weight is 243 g/mol. The summed E-state index contributed by atoms with van der Waals surface area (Å²) in [5, 5.41) is 7.43.